The van der Waals surface area contributed by atoms with Gasteiger partial charge >= 0.3 is 15.6 Å². The third kappa shape index (κ3) is 11.7. The van der Waals surface area contributed by atoms with E-state index in [-0.39, 0.29) is 5.75 Å². The first kappa shape index (κ1) is 24.8. The molecule has 0 saturated heterocycles. The summed E-state index contributed by atoms with van der Waals surface area (Å²) in [6.07, 6.45) is 1.41. The molecule has 7 nitrogen and oxygen atoms in total. The van der Waals surface area contributed by atoms with Gasteiger partial charge in [-0.05, 0) is 33.6 Å². The minimum Gasteiger partial charge on any atom is -0.324 e. The highest BCUT2D eigenvalue weighted by Gasteiger charge is 2.44. The highest BCUT2D eigenvalue weighted by molar-refractivity contribution is 7.86. The molecule has 0 aromatic heterocycles. The summed E-state index contributed by atoms with van der Waals surface area (Å²) in [6.45, 7) is 10.7. The Morgan fingerprint density at radius 1 is 0.870 bits per heavy atom. The second kappa shape index (κ2) is 9.77. The van der Waals surface area contributed by atoms with Crippen LogP contribution in [-0.2, 0) is 20.2 Å². The molecule has 0 heterocycles. The monoisotopic (exact) mass is 388 g/mol. The van der Waals surface area contributed by atoms with Crippen LogP contribution in [0.2, 0.25) is 0 Å². The number of hydrogen-bond acceptors (Lipinski definition) is 4. The van der Waals surface area contributed by atoms with Crippen LogP contribution in [0.1, 0.15) is 33.6 Å². The molecule has 0 fully saturated rings. The molecule has 0 saturated carbocycles. The first-order valence-electron chi connectivity index (χ1n) is 6.98. The van der Waals surface area contributed by atoms with E-state index >= 15 is 0 Å². The molecule has 0 aliphatic carbocycles. The van der Waals surface area contributed by atoms with Crippen molar-refractivity contribution in [1.29, 1.82) is 0 Å². The van der Waals surface area contributed by atoms with Crippen LogP contribution in [0.15, 0.2) is 0 Å². The molecule has 142 valence electrons. The standard InChI is InChI=1S/C10H23NO3S.CHF3O3S/c1-4-11(5-2,6-3)9-7-8-10-15(12,13)14;2-1(3,4)8(5,6)7/h4-10H2,1-3H3;(H,5,6,7)/p+1. The number of unbranched alkanes of at least 4 members (excludes halogenated alkanes) is 1. The second-order valence-corrected chi connectivity index (χ2v) is 7.91. The van der Waals surface area contributed by atoms with E-state index in [2.05, 4.69) is 20.8 Å². The fourth-order valence-electron chi connectivity index (χ4n) is 1.88. The third-order valence-corrected chi connectivity index (χ3v) is 4.98. The van der Waals surface area contributed by atoms with Crippen LogP contribution >= 0.6 is 0 Å². The Kier molecular flexibility index (Phi) is 10.5. The number of hydrogen-bond donors (Lipinski definition) is 2. The van der Waals surface area contributed by atoms with E-state index in [1.807, 2.05) is 0 Å². The van der Waals surface area contributed by atoms with Crippen LogP contribution in [0.3, 0.4) is 0 Å². The van der Waals surface area contributed by atoms with Gasteiger partial charge in [-0.15, -0.1) is 0 Å². The van der Waals surface area contributed by atoms with Gasteiger partial charge in [0.15, 0.2) is 0 Å². The number of alkyl halides is 3. The molecule has 0 bridgehead atoms. The minimum atomic E-state index is -5.84. The van der Waals surface area contributed by atoms with Gasteiger partial charge in [-0.1, -0.05) is 0 Å². The van der Waals surface area contributed by atoms with Gasteiger partial charge in [0.2, 0.25) is 0 Å². The van der Waals surface area contributed by atoms with E-state index in [1.54, 1.807) is 0 Å². The Bertz CT molecular complexity index is 518. The molecule has 0 unspecified atom stereocenters. The fraction of sp³-hybridized carbons (Fsp3) is 1.00. The second-order valence-electron chi connectivity index (χ2n) is 4.93. The van der Waals surface area contributed by atoms with Gasteiger partial charge < -0.3 is 4.48 Å². The lowest BCUT2D eigenvalue weighted by Crippen LogP contribution is -2.48. The summed E-state index contributed by atoms with van der Waals surface area (Å²) in [5.41, 5.74) is -5.53. The lowest BCUT2D eigenvalue weighted by atomic mass is 10.2. The van der Waals surface area contributed by atoms with Gasteiger partial charge in [-0.25, -0.2) is 0 Å². The molecule has 0 aromatic carbocycles. The number of quaternary nitrogens is 1. The van der Waals surface area contributed by atoms with E-state index in [0.29, 0.717) is 6.42 Å². The zero-order valence-electron chi connectivity index (χ0n) is 13.4. The smallest absolute Gasteiger partial charge is 0.324 e. The minimum absolute atomic E-state index is 0.107. The molecule has 0 aliphatic heterocycles. The lowest BCUT2D eigenvalue weighted by molar-refractivity contribution is -0.923. The zero-order valence-corrected chi connectivity index (χ0v) is 15.0. The van der Waals surface area contributed by atoms with Crippen molar-refractivity contribution in [3.63, 3.8) is 0 Å². The molecule has 2 N–H and O–H groups in total. The number of rotatable bonds is 8. The molecule has 0 aromatic rings. The predicted molar refractivity (Wildman–Crippen MR) is 80.0 cm³/mol. The van der Waals surface area contributed by atoms with E-state index in [1.165, 1.54) is 0 Å². The van der Waals surface area contributed by atoms with Crippen molar-refractivity contribution in [2.45, 2.75) is 39.1 Å². The van der Waals surface area contributed by atoms with Crippen LogP contribution in [-0.4, -0.2) is 67.9 Å². The Balaban J connectivity index is 0. The van der Waals surface area contributed by atoms with Crippen LogP contribution in [0.4, 0.5) is 13.2 Å². The Hall–Kier alpha value is -0.430. The van der Waals surface area contributed by atoms with Crippen molar-refractivity contribution in [2.24, 2.45) is 0 Å². The number of nitrogens with zero attached hydrogens (tertiary/aromatic N) is 1. The molecule has 0 rings (SSSR count). The van der Waals surface area contributed by atoms with Gasteiger partial charge in [0.25, 0.3) is 10.1 Å². The Labute approximate surface area is 135 Å². The van der Waals surface area contributed by atoms with Crippen molar-refractivity contribution in [3.05, 3.63) is 0 Å². The third-order valence-electron chi connectivity index (χ3n) is 3.59. The molecule has 0 atom stereocenters. The molecule has 0 amide bonds. The molecular weight excluding hydrogens is 363 g/mol. The summed E-state index contributed by atoms with van der Waals surface area (Å²) in [6, 6.07) is 0. The van der Waals surface area contributed by atoms with Crippen molar-refractivity contribution < 1.29 is 43.6 Å². The van der Waals surface area contributed by atoms with Gasteiger partial charge in [0.1, 0.15) is 0 Å². The summed E-state index contributed by atoms with van der Waals surface area (Å²) in [5, 5.41) is 0. The van der Waals surface area contributed by atoms with Gasteiger partial charge in [0, 0.05) is 0 Å². The highest BCUT2D eigenvalue weighted by atomic mass is 32.2. The first-order valence-corrected chi connectivity index (χ1v) is 10.0. The average molecular weight is 388 g/mol. The van der Waals surface area contributed by atoms with Crippen LogP contribution < -0.4 is 0 Å². The lowest BCUT2D eigenvalue weighted by Gasteiger charge is -2.35. The first-order chi connectivity index (χ1) is 10.1. The van der Waals surface area contributed by atoms with Crippen molar-refractivity contribution >= 4 is 20.2 Å². The molecule has 0 radical (unpaired) electrons. The average Bonchev–Trinajstić information content (AvgIpc) is 2.37. The fourth-order valence-corrected chi connectivity index (χ4v) is 2.45. The summed E-state index contributed by atoms with van der Waals surface area (Å²) in [5.74, 6) is -0.107. The molecule has 12 heteroatoms. The maximum absolute atomic E-state index is 10.7. The number of halogens is 3. The topological polar surface area (TPSA) is 109 Å². The van der Waals surface area contributed by atoms with Crippen LogP contribution in [0.25, 0.3) is 0 Å². The van der Waals surface area contributed by atoms with Crippen LogP contribution in [0, 0.1) is 0 Å². The highest BCUT2D eigenvalue weighted by Crippen LogP contribution is 2.20. The molecule has 23 heavy (non-hydrogen) atoms. The van der Waals surface area contributed by atoms with Crippen LogP contribution in [0.5, 0.6) is 0 Å². The van der Waals surface area contributed by atoms with E-state index in [4.69, 9.17) is 17.5 Å². The SMILES string of the molecule is CC[N+](CC)(CC)CCCCS(=O)(=O)O.O=S(=O)(O)C(F)(F)F. The van der Waals surface area contributed by atoms with Gasteiger partial charge in [-0.2, -0.15) is 30.0 Å². The van der Waals surface area contributed by atoms with Gasteiger partial charge in [-0.3, -0.25) is 9.11 Å². The zero-order chi connectivity index (χ0) is 18.9. The van der Waals surface area contributed by atoms with Crippen molar-refractivity contribution in [2.75, 3.05) is 31.9 Å². The summed E-state index contributed by atoms with van der Waals surface area (Å²) in [4.78, 5) is 0. The summed E-state index contributed by atoms with van der Waals surface area (Å²) >= 11 is 0. The maximum atomic E-state index is 10.7. The van der Waals surface area contributed by atoms with Crippen molar-refractivity contribution in [1.82, 2.24) is 0 Å². The summed E-state index contributed by atoms with van der Waals surface area (Å²) < 4.78 is 88.2. The largest absolute Gasteiger partial charge is 0.522 e. The van der Waals surface area contributed by atoms with Gasteiger partial charge in [0.05, 0.1) is 31.9 Å². The summed E-state index contributed by atoms with van der Waals surface area (Å²) in [7, 11) is -9.61. The van der Waals surface area contributed by atoms with Crippen molar-refractivity contribution in [3.8, 4) is 0 Å². The quantitative estimate of drug-likeness (QED) is 0.285. The Morgan fingerprint density at radius 2 is 1.22 bits per heavy atom. The normalized spacial score (nSPS) is 13.4. The van der Waals surface area contributed by atoms with E-state index in [0.717, 1.165) is 37.1 Å². The molecular formula is C11H25F3NO6S2+. The Morgan fingerprint density at radius 3 is 1.43 bits per heavy atom. The molecule has 0 spiro atoms. The molecule has 0 aliphatic rings. The maximum Gasteiger partial charge on any atom is 0.522 e. The van der Waals surface area contributed by atoms with E-state index < -0.39 is 25.7 Å². The van der Waals surface area contributed by atoms with E-state index in [9.17, 15) is 21.6 Å². The predicted octanol–water partition coefficient (Wildman–Crippen LogP) is 1.92.